The lowest BCUT2D eigenvalue weighted by atomic mass is 10.0. The molecule has 1 N–H and O–H groups in total. The summed E-state index contributed by atoms with van der Waals surface area (Å²) in [5.74, 6) is 0.703. The highest BCUT2D eigenvalue weighted by Gasteiger charge is 2.16. The zero-order valence-electron chi connectivity index (χ0n) is 15.4. The standard InChI is InChI=1S/C24H18N2OS/c1-15-21(17-9-3-2-4-10-17)22-23(27)25-20(26-24(22)28-15)14-18-12-7-11-16-8-5-6-13-19(16)18/h2-13H,14H2,1H3,(H,25,26,27). The van der Waals surface area contributed by atoms with Crippen molar-refractivity contribution in [2.24, 2.45) is 0 Å². The number of hydrogen-bond acceptors (Lipinski definition) is 3. The molecule has 0 amide bonds. The molecule has 2 heterocycles. The number of nitrogens with one attached hydrogen (secondary N) is 1. The topological polar surface area (TPSA) is 45.8 Å². The van der Waals surface area contributed by atoms with Gasteiger partial charge in [-0.05, 0) is 28.8 Å². The van der Waals surface area contributed by atoms with Crippen LogP contribution < -0.4 is 5.56 Å². The van der Waals surface area contributed by atoms with Crippen molar-refractivity contribution in [3.8, 4) is 11.1 Å². The first-order valence-corrected chi connectivity index (χ1v) is 10.1. The molecule has 0 saturated carbocycles. The van der Waals surface area contributed by atoms with Crippen molar-refractivity contribution in [2.45, 2.75) is 13.3 Å². The van der Waals surface area contributed by atoms with Gasteiger partial charge in [-0.2, -0.15) is 0 Å². The van der Waals surface area contributed by atoms with E-state index in [1.807, 2.05) is 42.5 Å². The number of aromatic amines is 1. The van der Waals surface area contributed by atoms with Crippen molar-refractivity contribution in [3.05, 3.63) is 99.4 Å². The second-order valence-corrected chi connectivity index (χ2v) is 8.11. The number of H-pyrrole nitrogens is 1. The largest absolute Gasteiger partial charge is 0.310 e. The van der Waals surface area contributed by atoms with Crippen LogP contribution in [0.15, 0.2) is 77.6 Å². The van der Waals surface area contributed by atoms with Crippen LogP contribution in [0.3, 0.4) is 0 Å². The summed E-state index contributed by atoms with van der Waals surface area (Å²) in [7, 11) is 0. The van der Waals surface area contributed by atoms with Crippen LogP contribution in [0.1, 0.15) is 16.3 Å². The van der Waals surface area contributed by atoms with Crippen LogP contribution in [-0.4, -0.2) is 9.97 Å². The normalized spacial score (nSPS) is 11.3. The highest BCUT2D eigenvalue weighted by Crippen LogP contribution is 2.35. The fourth-order valence-corrected chi connectivity index (χ4v) is 4.89. The van der Waals surface area contributed by atoms with Crippen molar-refractivity contribution in [3.63, 3.8) is 0 Å². The molecule has 28 heavy (non-hydrogen) atoms. The molecule has 0 aliphatic heterocycles. The molecule has 0 spiro atoms. The summed E-state index contributed by atoms with van der Waals surface area (Å²) in [6.45, 7) is 2.05. The Kier molecular flexibility index (Phi) is 4.06. The van der Waals surface area contributed by atoms with Gasteiger partial charge in [0.1, 0.15) is 10.7 Å². The first-order chi connectivity index (χ1) is 13.7. The SMILES string of the molecule is Cc1sc2nc(Cc3cccc4ccccc34)[nH]c(=O)c2c1-c1ccccc1. The second kappa shape index (κ2) is 6.73. The number of nitrogens with zero attached hydrogens (tertiary/aromatic N) is 1. The average Bonchev–Trinajstić information content (AvgIpc) is 3.05. The lowest BCUT2D eigenvalue weighted by Crippen LogP contribution is -2.12. The summed E-state index contributed by atoms with van der Waals surface area (Å²) < 4.78 is 0. The van der Waals surface area contributed by atoms with E-state index in [-0.39, 0.29) is 5.56 Å². The van der Waals surface area contributed by atoms with Crippen molar-refractivity contribution in [1.29, 1.82) is 0 Å². The van der Waals surface area contributed by atoms with E-state index in [4.69, 9.17) is 4.98 Å². The zero-order chi connectivity index (χ0) is 19.1. The highest BCUT2D eigenvalue weighted by atomic mass is 32.1. The molecule has 0 saturated heterocycles. The van der Waals surface area contributed by atoms with Crippen LogP contribution in [-0.2, 0) is 6.42 Å². The number of aryl methyl sites for hydroxylation is 1. The minimum atomic E-state index is -0.0663. The monoisotopic (exact) mass is 382 g/mol. The van der Waals surface area contributed by atoms with Crippen LogP contribution >= 0.6 is 11.3 Å². The molecule has 0 aliphatic carbocycles. The first-order valence-electron chi connectivity index (χ1n) is 9.25. The molecular weight excluding hydrogens is 364 g/mol. The third kappa shape index (κ3) is 2.83. The maximum atomic E-state index is 13.0. The van der Waals surface area contributed by atoms with Gasteiger partial charge in [-0.15, -0.1) is 11.3 Å². The van der Waals surface area contributed by atoms with Crippen LogP contribution in [0.5, 0.6) is 0 Å². The summed E-state index contributed by atoms with van der Waals surface area (Å²) in [5.41, 5.74) is 3.15. The molecule has 3 aromatic carbocycles. The maximum Gasteiger partial charge on any atom is 0.260 e. The molecule has 4 heteroatoms. The quantitative estimate of drug-likeness (QED) is 0.435. The molecule has 2 aromatic heterocycles. The van der Waals surface area contributed by atoms with Crippen LogP contribution in [0, 0.1) is 6.92 Å². The smallest absolute Gasteiger partial charge is 0.260 e. The minimum absolute atomic E-state index is 0.0663. The van der Waals surface area contributed by atoms with Gasteiger partial charge in [-0.3, -0.25) is 4.79 Å². The Hall–Kier alpha value is -3.24. The van der Waals surface area contributed by atoms with Gasteiger partial charge < -0.3 is 4.98 Å². The van der Waals surface area contributed by atoms with Gasteiger partial charge in [0.25, 0.3) is 5.56 Å². The lowest BCUT2D eigenvalue weighted by Gasteiger charge is -2.07. The third-order valence-electron chi connectivity index (χ3n) is 5.09. The van der Waals surface area contributed by atoms with Gasteiger partial charge in [0.2, 0.25) is 0 Å². The number of thiophene rings is 1. The van der Waals surface area contributed by atoms with Crippen LogP contribution in [0.25, 0.3) is 32.1 Å². The van der Waals surface area contributed by atoms with E-state index in [1.165, 1.54) is 10.8 Å². The highest BCUT2D eigenvalue weighted by molar-refractivity contribution is 7.19. The molecule has 0 aliphatic rings. The van der Waals surface area contributed by atoms with E-state index in [2.05, 4.69) is 42.2 Å². The predicted molar refractivity (Wildman–Crippen MR) is 117 cm³/mol. The summed E-state index contributed by atoms with van der Waals surface area (Å²) in [4.78, 5) is 22.7. The molecule has 5 aromatic rings. The third-order valence-corrected chi connectivity index (χ3v) is 6.09. The zero-order valence-corrected chi connectivity index (χ0v) is 16.2. The summed E-state index contributed by atoms with van der Waals surface area (Å²) in [6, 6.07) is 24.6. The van der Waals surface area contributed by atoms with Gasteiger partial charge in [0, 0.05) is 16.9 Å². The van der Waals surface area contributed by atoms with Crippen molar-refractivity contribution < 1.29 is 0 Å². The summed E-state index contributed by atoms with van der Waals surface area (Å²) in [5, 5.41) is 3.08. The molecule has 136 valence electrons. The minimum Gasteiger partial charge on any atom is -0.310 e. The fraction of sp³-hybridized carbons (Fsp3) is 0.0833. The fourth-order valence-electron chi connectivity index (χ4n) is 3.83. The maximum absolute atomic E-state index is 13.0. The Morgan fingerprint density at radius 2 is 1.68 bits per heavy atom. The summed E-state index contributed by atoms with van der Waals surface area (Å²) in [6.07, 6.45) is 0.601. The number of benzene rings is 3. The van der Waals surface area contributed by atoms with Gasteiger partial charge in [-0.1, -0.05) is 72.8 Å². The number of rotatable bonds is 3. The Morgan fingerprint density at radius 1 is 0.929 bits per heavy atom. The molecule has 0 radical (unpaired) electrons. The number of aromatic nitrogens is 2. The Morgan fingerprint density at radius 3 is 2.54 bits per heavy atom. The van der Waals surface area contributed by atoms with Crippen molar-refractivity contribution in [1.82, 2.24) is 9.97 Å². The lowest BCUT2D eigenvalue weighted by molar-refractivity contribution is 0.983. The van der Waals surface area contributed by atoms with Gasteiger partial charge >= 0.3 is 0 Å². The van der Waals surface area contributed by atoms with E-state index < -0.39 is 0 Å². The summed E-state index contributed by atoms with van der Waals surface area (Å²) >= 11 is 1.58. The molecule has 5 rings (SSSR count). The predicted octanol–water partition coefficient (Wildman–Crippen LogP) is 5.70. The molecule has 0 bridgehead atoms. The average molecular weight is 382 g/mol. The van der Waals surface area contributed by atoms with E-state index in [0.717, 1.165) is 26.4 Å². The Bertz CT molecular complexity index is 1360. The van der Waals surface area contributed by atoms with E-state index in [1.54, 1.807) is 11.3 Å². The first kappa shape index (κ1) is 16.9. The van der Waals surface area contributed by atoms with Gasteiger partial charge in [0.05, 0.1) is 5.39 Å². The van der Waals surface area contributed by atoms with Crippen LogP contribution in [0.4, 0.5) is 0 Å². The molecule has 0 fully saturated rings. The van der Waals surface area contributed by atoms with E-state index in [0.29, 0.717) is 17.6 Å². The number of hydrogen-bond donors (Lipinski definition) is 1. The van der Waals surface area contributed by atoms with Crippen molar-refractivity contribution in [2.75, 3.05) is 0 Å². The van der Waals surface area contributed by atoms with Crippen LogP contribution in [0.2, 0.25) is 0 Å². The van der Waals surface area contributed by atoms with E-state index in [9.17, 15) is 4.79 Å². The molecular formula is C24H18N2OS. The van der Waals surface area contributed by atoms with Gasteiger partial charge in [-0.25, -0.2) is 4.98 Å². The number of fused-ring (bicyclic) bond motifs is 2. The van der Waals surface area contributed by atoms with Crippen molar-refractivity contribution >= 4 is 32.3 Å². The Labute approximate surface area is 166 Å². The molecule has 3 nitrogen and oxygen atoms in total. The molecule has 0 atom stereocenters. The van der Waals surface area contributed by atoms with Gasteiger partial charge in [0.15, 0.2) is 0 Å². The Balaban J connectivity index is 1.64. The second-order valence-electron chi connectivity index (χ2n) is 6.91. The van der Waals surface area contributed by atoms with E-state index >= 15 is 0 Å². The molecule has 0 unspecified atom stereocenters.